The van der Waals surface area contributed by atoms with Gasteiger partial charge in [-0.05, 0) is 30.5 Å². The maximum Gasteiger partial charge on any atom is 0.326 e. The van der Waals surface area contributed by atoms with Crippen LogP contribution in [0, 0.1) is 5.92 Å². The Labute approximate surface area is 220 Å². The molecule has 208 valence electrons. The lowest BCUT2D eigenvalue weighted by Gasteiger charge is -2.27. The van der Waals surface area contributed by atoms with Gasteiger partial charge in [-0.3, -0.25) is 14.4 Å². The molecule has 2 aromatic rings. The summed E-state index contributed by atoms with van der Waals surface area (Å²) in [5.74, 6) is -3.74. The molecular formula is C25H36N6O7. The van der Waals surface area contributed by atoms with Crippen molar-refractivity contribution in [1.29, 1.82) is 0 Å². The molecule has 9 N–H and O–H groups in total. The molecule has 0 aliphatic rings. The van der Waals surface area contributed by atoms with Crippen LogP contribution in [0.5, 0.6) is 5.75 Å². The second-order valence-corrected chi connectivity index (χ2v) is 9.25. The lowest BCUT2D eigenvalue weighted by atomic mass is 9.98. The quantitative estimate of drug-likeness (QED) is 0.152. The summed E-state index contributed by atoms with van der Waals surface area (Å²) < 4.78 is 0. The third kappa shape index (κ3) is 8.85. The second-order valence-electron chi connectivity index (χ2n) is 9.25. The lowest BCUT2D eigenvalue weighted by Crippen LogP contribution is -2.60. The first-order valence-corrected chi connectivity index (χ1v) is 12.3. The number of H-pyrrole nitrogens is 1. The lowest BCUT2D eigenvalue weighted by molar-refractivity contribution is -0.143. The number of aliphatic hydroxyl groups excluding tert-OH is 1. The van der Waals surface area contributed by atoms with Crippen LogP contribution in [0.15, 0.2) is 36.8 Å². The smallest absolute Gasteiger partial charge is 0.326 e. The van der Waals surface area contributed by atoms with Gasteiger partial charge in [-0.25, -0.2) is 9.78 Å². The normalized spacial score (nSPS) is 15.8. The van der Waals surface area contributed by atoms with E-state index in [1.54, 1.807) is 19.1 Å². The number of aliphatic hydroxyl groups is 1. The van der Waals surface area contributed by atoms with Crippen molar-refractivity contribution in [1.82, 2.24) is 25.9 Å². The van der Waals surface area contributed by atoms with Gasteiger partial charge in [-0.1, -0.05) is 32.4 Å². The van der Waals surface area contributed by atoms with E-state index in [0.29, 0.717) is 17.7 Å². The average molecular weight is 533 g/mol. The molecule has 6 unspecified atom stereocenters. The van der Waals surface area contributed by atoms with E-state index >= 15 is 0 Å². The maximum atomic E-state index is 13.3. The van der Waals surface area contributed by atoms with Crippen LogP contribution in [-0.4, -0.2) is 79.2 Å². The molecule has 13 heteroatoms. The molecule has 0 radical (unpaired) electrons. The molecule has 1 aromatic heterocycles. The second kappa shape index (κ2) is 14.1. The van der Waals surface area contributed by atoms with Crippen LogP contribution < -0.4 is 21.7 Å². The van der Waals surface area contributed by atoms with Crippen molar-refractivity contribution in [3.8, 4) is 5.75 Å². The van der Waals surface area contributed by atoms with E-state index in [4.69, 9.17) is 5.73 Å². The van der Waals surface area contributed by atoms with Crippen LogP contribution in [0.1, 0.15) is 38.4 Å². The predicted molar refractivity (Wildman–Crippen MR) is 137 cm³/mol. The van der Waals surface area contributed by atoms with Crippen LogP contribution in [0.3, 0.4) is 0 Å². The topological polar surface area (TPSA) is 220 Å². The zero-order chi connectivity index (χ0) is 28.4. The van der Waals surface area contributed by atoms with Gasteiger partial charge in [0.1, 0.15) is 23.9 Å². The Hall–Kier alpha value is -3.97. The summed E-state index contributed by atoms with van der Waals surface area (Å²) >= 11 is 0. The Morgan fingerprint density at radius 3 is 2.13 bits per heavy atom. The number of carboxylic acid groups (broad SMARTS) is 1. The fourth-order valence-electron chi connectivity index (χ4n) is 3.59. The zero-order valence-electron chi connectivity index (χ0n) is 21.5. The number of aromatic hydroxyl groups is 1. The molecule has 0 spiro atoms. The summed E-state index contributed by atoms with van der Waals surface area (Å²) in [5, 5.41) is 36.7. The Morgan fingerprint density at radius 1 is 0.974 bits per heavy atom. The van der Waals surface area contributed by atoms with Crippen molar-refractivity contribution in [3.63, 3.8) is 0 Å². The van der Waals surface area contributed by atoms with Gasteiger partial charge in [0.05, 0.1) is 18.5 Å². The van der Waals surface area contributed by atoms with Gasteiger partial charge in [0.15, 0.2) is 0 Å². The highest BCUT2D eigenvalue weighted by molar-refractivity contribution is 5.94. The number of carboxylic acids is 1. The number of aromatic nitrogens is 2. The fourth-order valence-corrected chi connectivity index (χ4v) is 3.59. The molecule has 1 heterocycles. The van der Waals surface area contributed by atoms with Crippen molar-refractivity contribution < 1.29 is 34.5 Å². The van der Waals surface area contributed by atoms with E-state index in [-0.39, 0.29) is 24.5 Å². The number of aromatic amines is 1. The van der Waals surface area contributed by atoms with Crippen molar-refractivity contribution >= 4 is 23.7 Å². The summed E-state index contributed by atoms with van der Waals surface area (Å²) in [6.45, 7) is 4.94. The number of nitrogens with zero attached hydrogens (tertiary/aromatic N) is 1. The van der Waals surface area contributed by atoms with E-state index in [0.717, 1.165) is 0 Å². The van der Waals surface area contributed by atoms with E-state index in [9.17, 15) is 34.5 Å². The van der Waals surface area contributed by atoms with Crippen LogP contribution in [0.2, 0.25) is 0 Å². The number of imidazole rings is 1. The molecule has 3 amide bonds. The van der Waals surface area contributed by atoms with E-state index in [2.05, 4.69) is 25.9 Å². The minimum atomic E-state index is -1.52. The van der Waals surface area contributed by atoms with E-state index in [1.807, 2.05) is 6.92 Å². The average Bonchev–Trinajstić information content (AvgIpc) is 3.39. The SMILES string of the molecule is CCC(C)C(N)C(=O)NC(Cc1ccc(O)cc1)C(=O)NC(C(=O)NC(Cc1cnc[nH]1)C(=O)O)C(C)O. The molecular weight excluding hydrogens is 496 g/mol. The predicted octanol–water partition coefficient (Wildman–Crippen LogP) is -0.806. The summed E-state index contributed by atoms with van der Waals surface area (Å²) in [6, 6.07) is 1.05. The number of phenolic OH excluding ortho intramolecular Hbond substituents is 1. The van der Waals surface area contributed by atoms with Crippen LogP contribution in [0.4, 0.5) is 0 Å². The van der Waals surface area contributed by atoms with Gasteiger partial charge in [0.2, 0.25) is 17.7 Å². The standard InChI is InChI=1S/C25H36N6O7/c1-4-13(2)20(26)23(35)29-18(9-15-5-7-17(33)8-6-15)22(34)31-21(14(3)32)24(36)30-19(25(37)38)10-16-11-27-12-28-16/h5-8,11-14,18-21,32-33H,4,9-10,26H2,1-3H3,(H,27,28)(H,29,35)(H,30,36)(H,31,34)(H,37,38). The fraction of sp³-hybridized carbons (Fsp3) is 0.480. The minimum absolute atomic E-state index is 0.00317. The molecule has 1 aromatic carbocycles. The molecule has 0 saturated carbocycles. The van der Waals surface area contributed by atoms with Crippen molar-refractivity contribution in [2.75, 3.05) is 0 Å². The highest BCUT2D eigenvalue weighted by atomic mass is 16.4. The van der Waals surface area contributed by atoms with Crippen molar-refractivity contribution in [2.45, 2.75) is 70.3 Å². The summed E-state index contributed by atoms with van der Waals surface area (Å²) in [6.07, 6.45) is 1.91. The van der Waals surface area contributed by atoms with E-state index < -0.39 is 54.0 Å². The van der Waals surface area contributed by atoms with Gasteiger partial charge in [-0.2, -0.15) is 0 Å². The Balaban J connectivity index is 2.21. The van der Waals surface area contributed by atoms with E-state index in [1.165, 1.54) is 31.6 Å². The number of hydrogen-bond donors (Lipinski definition) is 8. The monoisotopic (exact) mass is 532 g/mol. The number of carbonyl (C=O) groups excluding carboxylic acids is 3. The summed E-state index contributed by atoms with van der Waals surface area (Å²) in [4.78, 5) is 57.2. The van der Waals surface area contributed by atoms with Crippen molar-refractivity contribution in [2.24, 2.45) is 11.7 Å². The number of nitrogens with two attached hydrogens (primary N) is 1. The number of rotatable bonds is 14. The first-order chi connectivity index (χ1) is 17.9. The molecule has 0 saturated heterocycles. The first-order valence-electron chi connectivity index (χ1n) is 12.3. The van der Waals surface area contributed by atoms with Gasteiger partial charge >= 0.3 is 5.97 Å². The molecule has 38 heavy (non-hydrogen) atoms. The number of amides is 3. The van der Waals surface area contributed by atoms with Gasteiger partial charge in [0, 0.05) is 24.7 Å². The van der Waals surface area contributed by atoms with Gasteiger partial charge in [-0.15, -0.1) is 0 Å². The zero-order valence-corrected chi connectivity index (χ0v) is 21.5. The number of phenols is 1. The van der Waals surface area contributed by atoms with Crippen LogP contribution in [-0.2, 0) is 32.0 Å². The number of carbonyl (C=O) groups is 4. The van der Waals surface area contributed by atoms with Gasteiger partial charge < -0.3 is 42.0 Å². The van der Waals surface area contributed by atoms with Crippen LogP contribution >= 0.6 is 0 Å². The molecule has 2 rings (SSSR count). The largest absolute Gasteiger partial charge is 0.508 e. The highest BCUT2D eigenvalue weighted by Crippen LogP contribution is 2.13. The minimum Gasteiger partial charge on any atom is -0.508 e. The molecule has 0 fully saturated rings. The number of hydrogen-bond acceptors (Lipinski definition) is 8. The Kier molecular flexibility index (Phi) is 11.2. The van der Waals surface area contributed by atoms with Crippen molar-refractivity contribution in [3.05, 3.63) is 48.0 Å². The third-order valence-electron chi connectivity index (χ3n) is 6.23. The highest BCUT2D eigenvalue weighted by Gasteiger charge is 2.33. The summed E-state index contributed by atoms with van der Waals surface area (Å²) in [7, 11) is 0. The number of aliphatic carboxylic acids is 1. The first kappa shape index (κ1) is 30.3. The third-order valence-corrected chi connectivity index (χ3v) is 6.23. The molecule has 13 nitrogen and oxygen atoms in total. The van der Waals surface area contributed by atoms with Gasteiger partial charge in [0.25, 0.3) is 0 Å². The maximum absolute atomic E-state index is 13.3. The molecule has 6 atom stereocenters. The molecule has 0 aliphatic carbocycles. The van der Waals surface area contributed by atoms with Crippen LogP contribution in [0.25, 0.3) is 0 Å². The number of benzene rings is 1. The molecule has 0 bridgehead atoms. The Morgan fingerprint density at radius 2 is 1.61 bits per heavy atom. The summed E-state index contributed by atoms with van der Waals surface area (Å²) in [5.41, 5.74) is 7.09. The number of nitrogens with one attached hydrogen (secondary N) is 4. The molecule has 0 aliphatic heterocycles. The Bertz CT molecular complexity index is 1070.